The molecule has 0 aromatic rings. The van der Waals surface area contributed by atoms with E-state index >= 15 is 0 Å². The van der Waals surface area contributed by atoms with Gasteiger partial charge >= 0.3 is 0 Å². The maximum atomic E-state index is 11.7. The smallest absolute Gasteiger partial charge is 0.254 e. The normalized spacial score (nSPS) is 18.4. The fraction of sp³-hybridized carbons (Fsp3) is 0.545. The molecule has 1 rings (SSSR count). The van der Waals surface area contributed by atoms with Crippen LogP contribution < -0.4 is 5.32 Å². The Labute approximate surface area is 99.6 Å². The highest BCUT2D eigenvalue weighted by atomic mass is 16.5. The highest BCUT2D eigenvalue weighted by Gasteiger charge is 2.32. The van der Waals surface area contributed by atoms with Crippen LogP contribution in [0.2, 0.25) is 0 Å². The van der Waals surface area contributed by atoms with Crippen molar-refractivity contribution in [2.75, 3.05) is 6.61 Å². The summed E-state index contributed by atoms with van der Waals surface area (Å²) in [6.07, 6.45) is 1.85. The van der Waals surface area contributed by atoms with E-state index in [4.69, 9.17) is 4.74 Å². The third kappa shape index (κ3) is 3.13. The van der Waals surface area contributed by atoms with Crippen molar-refractivity contribution in [1.82, 2.24) is 10.2 Å². The zero-order valence-electron chi connectivity index (χ0n) is 10.1. The van der Waals surface area contributed by atoms with Gasteiger partial charge in [-0.2, -0.15) is 0 Å². The first-order valence-electron chi connectivity index (χ1n) is 5.44. The lowest BCUT2D eigenvalue weighted by Gasteiger charge is -2.23. The first-order chi connectivity index (χ1) is 7.97. The standard InChI is InChI=1S/C11H16N2O4/c1-4-17-8(3)12-11(16)7(2)13-9(14)5-6-10(13)15/h5-8H,4H2,1-3H3,(H,12,16). The third-order valence-corrected chi connectivity index (χ3v) is 2.37. The number of nitrogens with zero attached hydrogens (tertiary/aromatic N) is 1. The van der Waals surface area contributed by atoms with Crippen LogP contribution in [0.5, 0.6) is 0 Å². The molecule has 2 atom stereocenters. The van der Waals surface area contributed by atoms with Gasteiger partial charge in [0.2, 0.25) is 5.91 Å². The second-order valence-electron chi connectivity index (χ2n) is 3.66. The quantitative estimate of drug-likeness (QED) is 0.533. The predicted molar refractivity (Wildman–Crippen MR) is 59.7 cm³/mol. The van der Waals surface area contributed by atoms with Crippen LogP contribution in [0.4, 0.5) is 0 Å². The van der Waals surface area contributed by atoms with E-state index in [1.165, 1.54) is 6.92 Å². The molecule has 1 aliphatic heterocycles. The van der Waals surface area contributed by atoms with Gasteiger partial charge in [0.15, 0.2) is 0 Å². The molecule has 0 spiro atoms. The number of hydrogen-bond donors (Lipinski definition) is 1. The number of ether oxygens (including phenoxy) is 1. The van der Waals surface area contributed by atoms with Gasteiger partial charge in [-0.3, -0.25) is 19.3 Å². The molecule has 1 aliphatic rings. The SMILES string of the molecule is CCOC(C)NC(=O)C(C)N1C(=O)C=CC1=O. The van der Waals surface area contributed by atoms with Crippen LogP contribution in [0.25, 0.3) is 0 Å². The van der Waals surface area contributed by atoms with Crippen molar-refractivity contribution in [3.8, 4) is 0 Å². The van der Waals surface area contributed by atoms with Gasteiger partial charge in [0.25, 0.3) is 11.8 Å². The van der Waals surface area contributed by atoms with Gasteiger partial charge in [-0.15, -0.1) is 0 Å². The van der Waals surface area contributed by atoms with Gasteiger partial charge in [0, 0.05) is 18.8 Å². The molecule has 0 aromatic carbocycles. The third-order valence-electron chi connectivity index (χ3n) is 2.37. The Kier molecular flexibility index (Phi) is 4.39. The maximum Gasteiger partial charge on any atom is 0.254 e. The van der Waals surface area contributed by atoms with Crippen LogP contribution >= 0.6 is 0 Å². The first-order valence-corrected chi connectivity index (χ1v) is 5.44. The molecule has 0 radical (unpaired) electrons. The molecule has 1 N–H and O–H groups in total. The van der Waals surface area contributed by atoms with Gasteiger partial charge < -0.3 is 10.1 Å². The highest BCUT2D eigenvalue weighted by molar-refractivity contribution is 6.15. The van der Waals surface area contributed by atoms with E-state index in [2.05, 4.69) is 5.32 Å². The number of carbonyl (C=O) groups excluding carboxylic acids is 3. The summed E-state index contributed by atoms with van der Waals surface area (Å²) in [6, 6.07) is -0.840. The van der Waals surface area contributed by atoms with E-state index in [-0.39, 0.29) is 0 Å². The van der Waals surface area contributed by atoms with Crippen LogP contribution in [0.1, 0.15) is 20.8 Å². The van der Waals surface area contributed by atoms with Crippen molar-refractivity contribution in [3.63, 3.8) is 0 Å². The Morgan fingerprint density at radius 3 is 2.35 bits per heavy atom. The number of carbonyl (C=O) groups is 3. The monoisotopic (exact) mass is 240 g/mol. The Morgan fingerprint density at radius 2 is 1.88 bits per heavy atom. The largest absolute Gasteiger partial charge is 0.359 e. The minimum absolute atomic E-state index is 0.420. The van der Waals surface area contributed by atoms with Crippen LogP contribution in [-0.4, -0.2) is 41.5 Å². The molecule has 0 fully saturated rings. The minimum Gasteiger partial charge on any atom is -0.359 e. The maximum absolute atomic E-state index is 11.7. The molecule has 0 aliphatic carbocycles. The Balaban J connectivity index is 2.58. The summed E-state index contributed by atoms with van der Waals surface area (Å²) in [5.41, 5.74) is 0. The van der Waals surface area contributed by atoms with Crippen LogP contribution in [0, 0.1) is 0 Å². The molecule has 6 heteroatoms. The van der Waals surface area contributed by atoms with E-state index in [1.54, 1.807) is 6.92 Å². The predicted octanol–water partition coefficient (Wildman–Crippen LogP) is -0.201. The molecular weight excluding hydrogens is 224 g/mol. The lowest BCUT2D eigenvalue weighted by Crippen LogP contribution is -2.50. The summed E-state index contributed by atoms with van der Waals surface area (Å²) in [4.78, 5) is 35.4. The number of rotatable bonds is 5. The Hall–Kier alpha value is -1.69. The zero-order valence-corrected chi connectivity index (χ0v) is 10.1. The first kappa shape index (κ1) is 13.4. The summed E-state index contributed by atoms with van der Waals surface area (Å²) < 4.78 is 5.14. The van der Waals surface area contributed by atoms with E-state index in [0.29, 0.717) is 6.61 Å². The van der Waals surface area contributed by atoms with Crippen molar-refractivity contribution in [2.24, 2.45) is 0 Å². The molecular formula is C11H16N2O4. The Bertz CT molecular complexity index is 346. The molecule has 2 unspecified atom stereocenters. The Morgan fingerprint density at radius 1 is 1.35 bits per heavy atom. The summed E-state index contributed by atoms with van der Waals surface area (Å²) in [6.45, 7) is 5.46. The van der Waals surface area contributed by atoms with E-state index in [1.807, 2.05) is 6.92 Å². The highest BCUT2D eigenvalue weighted by Crippen LogP contribution is 2.09. The number of amides is 3. The molecule has 0 saturated carbocycles. The van der Waals surface area contributed by atoms with Gasteiger partial charge in [-0.1, -0.05) is 0 Å². The average molecular weight is 240 g/mol. The summed E-state index contributed by atoms with van der Waals surface area (Å²) in [5.74, 6) is -1.36. The van der Waals surface area contributed by atoms with E-state index in [0.717, 1.165) is 17.1 Å². The van der Waals surface area contributed by atoms with Crippen molar-refractivity contribution in [2.45, 2.75) is 33.0 Å². The lowest BCUT2D eigenvalue weighted by atomic mass is 10.2. The van der Waals surface area contributed by atoms with E-state index in [9.17, 15) is 14.4 Å². The second-order valence-corrected chi connectivity index (χ2v) is 3.66. The van der Waals surface area contributed by atoms with E-state index < -0.39 is 30.0 Å². The van der Waals surface area contributed by atoms with Crippen molar-refractivity contribution >= 4 is 17.7 Å². The van der Waals surface area contributed by atoms with Crippen LogP contribution in [0.3, 0.4) is 0 Å². The summed E-state index contributed by atoms with van der Waals surface area (Å²) >= 11 is 0. The van der Waals surface area contributed by atoms with Crippen molar-refractivity contribution in [3.05, 3.63) is 12.2 Å². The fourth-order valence-electron chi connectivity index (χ4n) is 1.52. The molecule has 3 amide bonds. The van der Waals surface area contributed by atoms with Crippen molar-refractivity contribution in [1.29, 1.82) is 0 Å². The molecule has 94 valence electrons. The van der Waals surface area contributed by atoms with Crippen LogP contribution in [0.15, 0.2) is 12.2 Å². The number of imide groups is 1. The average Bonchev–Trinajstić information content (AvgIpc) is 2.58. The number of nitrogens with one attached hydrogen (secondary N) is 1. The zero-order chi connectivity index (χ0) is 13.0. The summed E-state index contributed by atoms with van der Waals surface area (Å²) in [5, 5.41) is 2.56. The van der Waals surface area contributed by atoms with Gasteiger partial charge in [-0.05, 0) is 20.8 Å². The minimum atomic E-state index is -0.840. The van der Waals surface area contributed by atoms with Gasteiger partial charge in [0.05, 0.1) is 0 Å². The molecule has 1 heterocycles. The molecule has 0 saturated heterocycles. The fourth-order valence-corrected chi connectivity index (χ4v) is 1.52. The lowest BCUT2D eigenvalue weighted by molar-refractivity contribution is -0.146. The molecule has 0 aromatic heterocycles. The number of hydrogen-bond acceptors (Lipinski definition) is 4. The van der Waals surface area contributed by atoms with Gasteiger partial charge in [0.1, 0.15) is 12.3 Å². The topological polar surface area (TPSA) is 75.7 Å². The van der Waals surface area contributed by atoms with Crippen molar-refractivity contribution < 1.29 is 19.1 Å². The molecule has 6 nitrogen and oxygen atoms in total. The van der Waals surface area contributed by atoms with Crippen LogP contribution in [-0.2, 0) is 19.1 Å². The second kappa shape index (κ2) is 5.58. The van der Waals surface area contributed by atoms with Gasteiger partial charge in [-0.25, -0.2) is 0 Å². The molecule has 17 heavy (non-hydrogen) atoms. The summed E-state index contributed by atoms with van der Waals surface area (Å²) in [7, 11) is 0. The molecule has 0 bridgehead atoms.